The van der Waals surface area contributed by atoms with E-state index in [1.807, 2.05) is 32.9 Å². The lowest BCUT2D eigenvalue weighted by Gasteiger charge is -2.39. The number of anilines is 1. The van der Waals surface area contributed by atoms with E-state index in [4.69, 9.17) is 11.6 Å². The zero-order valence-corrected chi connectivity index (χ0v) is 14.1. The molecule has 1 N–H and O–H groups in total. The first kappa shape index (κ1) is 16.6. The monoisotopic (exact) mass is 323 g/mol. The highest BCUT2D eigenvalue weighted by atomic mass is 35.5. The number of carbonyl (C=O) groups excluding carboxylic acids is 2. The largest absolute Gasteiger partial charge is 0.336 e. The summed E-state index contributed by atoms with van der Waals surface area (Å²) in [6.45, 7) is 8.43. The average Bonchev–Trinajstić information content (AvgIpc) is 2.44. The number of hydrogen-bond acceptors (Lipinski definition) is 2. The molecule has 1 aromatic carbocycles. The van der Waals surface area contributed by atoms with Gasteiger partial charge in [0.1, 0.15) is 6.04 Å². The molecule has 120 valence electrons. The maximum Gasteiger partial charge on any atom is 0.318 e. The van der Waals surface area contributed by atoms with E-state index in [0.29, 0.717) is 18.1 Å². The van der Waals surface area contributed by atoms with Crippen LogP contribution in [0.4, 0.5) is 10.5 Å². The minimum absolute atomic E-state index is 0.0451. The topological polar surface area (TPSA) is 52.6 Å². The van der Waals surface area contributed by atoms with Gasteiger partial charge in [0.05, 0.1) is 0 Å². The third-order valence-corrected chi connectivity index (χ3v) is 4.20. The van der Waals surface area contributed by atoms with Gasteiger partial charge in [-0.05, 0) is 45.4 Å². The van der Waals surface area contributed by atoms with Gasteiger partial charge in [-0.1, -0.05) is 17.7 Å². The number of urea groups is 1. The fourth-order valence-corrected chi connectivity index (χ4v) is 2.66. The van der Waals surface area contributed by atoms with Gasteiger partial charge in [0.15, 0.2) is 0 Å². The van der Waals surface area contributed by atoms with Crippen LogP contribution in [-0.4, -0.2) is 42.0 Å². The average molecular weight is 324 g/mol. The lowest BCUT2D eigenvalue weighted by molar-refractivity contribution is -0.124. The van der Waals surface area contributed by atoms with Gasteiger partial charge >= 0.3 is 6.03 Å². The lowest BCUT2D eigenvalue weighted by Crippen LogP contribution is -2.60. The molecule has 0 aliphatic carbocycles. The molecule has 22 heavy (non-hydrogen) atoms. The molecule has 1 saturated heterocycles. The maximum atomic E-state index is 12.6. The van der Waals surface area contributed by atoms with Crippen LogP contribution in [0, 0.1) is 6.92 Å². The molecule has 0 bridgehead atoms. The Labute approximate surface area is 136 Å². The Morgan fingerprint density at radius 1 is 1.36 bits per heavy atom. The summed E-state index contributed by atoms with van der Waals surface area (Å²) in [4.78, 5) is 28.0. The number of benzene rings is 1. The Balaban J connectivity index is 2.15. The van der Waals surface area contributed by atoms with Gasteiger partial charge in [-0.3, -0.25) is 4.79 Å². The zero-order chi connectivity index (χ0) is 16.4. The molecule has 0 spiro atoms. The van der Waals surface area contributed by atoms with Gasteiger partial charge in [0.25, 0.3) is 0 Å². The summed E-state index contributed by atoms with van der Waals surface area (Å²) in [5.41, 5.74) is 1.75. The summed E-state index contributed by atoms with van der Waals surface area (Å²) in [7, 11) is 0. The van der Waals surface area contributed by atoms with E-state index in [9.17, 15) is 9.59 Å². The predicted octanol–water partition coefficient (Wildman–Crippen LogP) is 2.80. The molecular formula is C16H22ClN3O2. The predicted molar refractivity (Wildman–Crippen MR) is 88.4 cm³/mol. The quantitative estimate of drug-likeness (QED) is 0.910. The van der Waals surface area contributed by atoms with Crippen molar-refractivity contribution in [2.24, 2.45) is 0 Å². The number of nitrogens with one attached hydrogen (secondary N) is 1. The lowest BCUT2D eigenvalue weighted by atomic mass is 10.1. The molecule has 0 aromatic heterocycles. The molecule has 6 heteroatoms. The second-order valence-electron chi connectivity index (χ2n) is 5.90. The minimum Gasteiger partial charge on any atom is -0.336 e. The number of hydrogen-bond donors (Lipinski definition) is 1. The number of carbonyl (C=O) groups is 2. The standard InChI is InChI=1S/C16H22ClN3O2/c1-10(2)18-16(22)19-7-8-20(15(21)12(19)4)13-6-5-11(3)14(17)9-13/h5-6,9-10,12H,7-8H2,1-4H3,(H,18,22)/t12-/m1/s1. The molecule has 0 radical (unpaired) electrons. The van der Waals surface area contributed by atoms with Crippen LogP contribution in [0.2, 0.25) is 5.02 Å². The molecule has 0 saturated carbocycles. The normalized spacial score (nSPS) is 18.8. The summed E-state index contributed by atoms with van der Waals surface area (Å²) < 4.78 is 0. The van der Waals surface area contributed by atoms with Crippen molar-refractivity contribution >= 4 is 29.2 Å². The molecule has 1 aliphatic heterocycles. The Kier molecular flexibility index (Phi) is 4.96. The zero-order valence-electron chi connectivity index (χ0n) is 13.4. The number of rotatable bonds is 2. The van der Waals surface area contributed by atoms with E-state index >= 15 is 0 Å². The van der Waals surface area contributed by atoms with Gasteiger partial charge in [-0.25, -0.2) is 4.79 Å². The van der Waals surface area contributed by atoms with Gasteiger partial charge in [0.2, 0.25) is 5.91 Å². The summed E-state index contributed by atoms with van der Waals surface area (Å²) in [6.07, 6.45) is 0. The van der Waals surface area contributed by atoms with Crippen molar-refractivity contribution in [3.8, 4) is 0 Å². The van der Waals surface area contributed by atoms with E-state index < -0.39 is 6.04 Å². The van der Waals surface area contributed by atoms with Crippen LogP contribution in [-0.2, 0) is 4.79 Å². The molecule has 2 rings (SSSR count). The molecule has 1 aliphatic rings. The van der Waals surface area contributed by atoms with Crippen LogP contribution in [0.5, 0.6) is 0 Å². The van der Waals surface area contributed by atoms with Crippen LogP contribution in [0.1, 0.15) is 26.3 Å². The van der Waals surface area contributed by atoms with Crippen LogP contribution >= 0.6 is 11.6 Å². The SMILES string of the molecule is Cc1ccc(N2CCN(C(=O)NC(C)C)[C@H](C)C2=O)cc1Cl. The second kappa shape index (κ2) is 6.57. The number of nitrogens with zero attached hydrogens (tertiary/aromatic N) is 2. The summed E-state index contributed by atoms with van der Waals surface area (Å²) in [5.74, 6) is -0.0925. The van der Waals surface area contributed by atoms with E-state index in [1.54, 1.807) is 22.8 Å². The van der Waals surface area contributed by atoms with E-state index in [1.165, 1.54) is 0 Å². The highest BCUT2D eigenvalue weighted by molar-refractivity contribution is 6.31. The summed E-state index contributed by atoms with van der Waals surface area (Å²) in [5, 5.41) is 3.47. The third kappa shape index (κ3) is 3.35. The molecule has 3 amide bonds. The molecule has 1 aromatic rings. The highest BCUT2D eigenvalue weighted by Crippen LogP contribution is 2.26. The number of aryl methyl sites for hydroxylation is 1. The van der Waals surface area contributed by atoms with Crippen molar-refractivity contribution < 1.29 is 9.59 Å². The van der Waals surface area contributed by atoms with Gasteiger partial charge < -0.3 is 15.1 Å². The minimum atomic E-state index is -0.493. The highest BCUT2D eigenvalue weighted by Gasteiger charge is 2.35. The second-order valence-corrected chi connectivity index (χ2v) is 6.30. The Morgan fingerprint density at radius 2 is 2.05 bits per heavy atom. The van der Waals surface area contributed by atoms with Crippen molar-refractivity contribution in [3.05, 3.63) is 28.8 Å². The summed E-state index contributed by atoms with van der Waals surface area (Å²) in [6, 6.07) is 4.93. The Morgan fingerprint density at radius 3 is 2.64 bits per heavy atom. The molecule has 0 unspecified atom stereocenters. The smallest absolute Gasteiger partial charge is 0.318 e. The first-order valence-electron chi connectivity index (χ1n) is 7.46. The molecule has 1 fully saturated rings. The van der Waals surface area contributed by atoms with Gasteiger partial charge in [-0.2, -0.15) is 0 Å². The number of piperazine rings is 1. The van der Waals surface area contributed by atoms with Crippen LogP contribution in [0.15, 0.2) is 18.2 Å². The molecule has 5 nitrogen and oxygen atoms in total. The fourth-order valence-electron chi connectivity index (χ4n) is 2.48. The van der Waals surface area contributed by atoms with E-state index in [0.717, 1.165) is 11.3 Å². The number of amides is 3. The third-order valence-electron chi connectivity index (χ3n) is 3.80. The molecule has 1 heterocycles. The summed E-state index contributed by atoms with van der Waals surface area (Å²) >= 11 is 6.14. The van der Waals surface area contributed by atoms with Gasteiger partial charge in [0, 0.05) is 29.8 Å². The van der Waals surface area contributed by atoms with Crippen LogP contribution < -0.4 is 10.2 Å². The molecule has 1 atom stereocenters. The van der Waals surface area contributed by atoms with Crippen LogP contribution in [0.25, 0.3) is 0 Å². The Bertz CT molecular complexity index is 589. The van der Waals surface area contributed by atoms with Crippen molar-refractivity contribution in [1.82, 2.24) is 10.2 Å². The van der Waals surface area contributed by atoms with Crippen LogP contribution in [0.3, 0.4) is 0 Å². The van der Waals surface area contributed by atoms with E-state index in [-0.39, 0.29) is 18.0 Å². The Hall–Kier alpha value is -1.75. The number of halogens is 1. The fraction of sp³-hybridized carbons (Fsp3) is 0.500. The van der Waals surface area contributed by atoms with Crippen molar-refractivity contribution in [2.75, 3.05) is 18.0 Å². The van der Waals surface area contributed by atoms with Crippen molar-refractivity contribution in [3.63, 3.8) is 0 Å². The first-order valence-corrected chi connectivity index (χ1v) is 7.83. The van der Waals surface area contributed by atoms with E-state index in [2.05, 4.69) is 5.32 Å². The molecular weight excluding hydrogens is 302 g/mol. The van der Waals surface area contributed by atoms with Crippen molar-refractivity contribution in [1.29, 1.82) is 0 Å². The first-order chi connectivity index (χ1) is 10.3. The maximum absolute atomic E-state index is 12.6. The van der Waals surface area contributed by atoms with Crippen molar-refractivity contribution in [2.45, 2.75) is 39.8 Å². The van der Waals surface area contributed by atoms with Gasteiger partial charge in [-0.15, -0.1) is 0 Å².